The lowest BCUT2D eigenvalue weighted by atomic mass is 9.89. The van der Waals surface area contributed by atoms with Gasteiger partial charge in [0.25, 0.3) is 0 Å². The van der Waals surface area contributed by atoms with Crippen LogP contribution in [-0.2, 0) is 25.9 Å². The minimum Gasteiger partial charge on any atom is -0.497 e. The second-order valence-electron chi connectivity index (χ2n) is 22.7. The maximum Gasteiger partial charge on any atom is 0.138 e. The number of benzene rings is 2. The summed E-state index contributed by atoms with van der Waals surface area (Å²) in [4.78, 5) is 35.9. The zero-order valence-electron chi connectivity index (χ0n) is 47.4. The summed E-state index contributed by atoms with van der Waals surface area (Å²) in [7, 11) is 7.74. The van der Waals surface area contributed by atoms with Crippen LogP contribution in [0, 0.1) is 0 Å². The summed E-state index contributed by atoms with van der Waals surface area (Å²) in [5, 5.41) is 27.8. The molecule has 4 aliphatic rings. The molecule has 418 valence electrons. The highest BCUT2D eigenvalue weighted by Crippen LogP contribution is 2.45. The number of ether oxygens (including phenoxy) is 2. The Bertz CT molecular complexity index is 3180. The van der Waals surface area contributed by atoms with Crippen molar-refractivity contribution < 1.29 is 19.7 Å². The predicted octanol–water partition coefficient (Wildman–Crippen LogP) is 9.34. The first kappa shape index (κ1) is 53.7. The van der Waals surface area contributed by atoms with Crippen molar-refractivity contribution in [1.29, 1.82) is 0 Å². The number of likely N-dealkylation sites (N-methyl/N-ethyl adjacent to an activating group) is 2. The Labute approximate surface area is 470 Å². The van der Waals surface area contributed by atoms with Crippen molar-refractivity contribution in [3.63, 3.8) is 0 Å². The third-order valence-electron chi connectivity index (χ3n) is 18.0. The van der Waals surface area contributed by atoms with Crippen LogP contribution in [0.25, 0.3) is 11.3 Å². The van der Waals surface area contributed by atoms with E-state index in [1.54, 1.807) is 14.2 Å². The van der Waals surface area contributed by atoms with Crippen molar-refractivity contribution in [2.75, 3.05) is 90.5 Å². The number of aromatic nitrogens is 6. The molecule has 0 bridgehead atoms. The van der Waals surface area contributed by atoms with E-state index in [9.17, 15) is 10.2 Å². The van der Waals surface area contributed by atoms with Gasteiger partial charge in [0.1, 0.15) is 46.6 Å². The fourth-order valence-electron chi connectivity index (χ4n) is 13.3. The molecule has 2 N–H and O–H groups in total. The molecule has 8 aromatic rings. The standard InChI is InChI=1S/C64H78N12O4/c1-43(45-23-27-49(79-5)28-24-45)73(53-17-7-13-47-15-11-31-65-59(47)53)41-51-61(75-55(67-51)19-9-21-57(75)71-37-33-69(3)34-38-71)63(77)64(78)62-52(68-56-20-10-22-58(76(56)62)72-39-35-70(4)36-40-72)42-74(44(2)46-25-29-50(80-6)30-26-46)54-18-8-14-48-16-12-32-66-60(48)54/h9-12,15-16,19-32,43-44,53-54,63-64,77-78H,7-8,13-14,17-18,33-42H2,1-6H3/t43-,44-,53-,54-,63?,64?/m0/s1. The molecule has 80 heavy (non-hydrogen) atoms. The summed E-state index contributed by atoms with van der Waals surface area (Å²) in [6, 6.07) is 37.5. The van der Waals surface area contributed by atoms with Crippen molar-refractivity contribution in [3.05, 3.63) is 178 Å². The number of rotatable bonds is 17. The Morgan fingerprint density at radius 1 is 0.525 bits per heavy atom. The number of fused-ring (bicyclic) bond motifs is 4. The van der Waals surface area contributed by atoms with E-state index in [-0.39, 0.29) is 24.2 Å². The molecule has 0 saturated carbocycles. The van der Waals surface area contributed by atoms with E-state index in [1.807, 2.05) is 60.9 Å². The lowest BCUT2D eigenvalue weighted by Gasteiger charge is -2.39. The number of aryl methyl sites for hydroxylation is 2. The maximum absolute atomic E-state index is 13.9. The highest BCUT2D eigenvalue weighted by atomic mass is 16.5. The van der Waals surface area contributed by atoms with Crippen molar-refractivity contribution in [1.82, 2.24) is 48.3 Å². The summed E-state index contributed by atoms with van der Waals surface area (Å²) in [6.45, 7) is 12.1. The molecular formula is C64H78N12O4. The number of hydrogen-bond donors (Lipinski definition) is 2. The van der Waals surface area contributed by atoms with Crippen LogP contribution < -0.4 is 19.3 Å². The Morgan fingerprint density at radius 2 is 0.925 bits per heavy atom. The highest BCUT2D eigenvalue weighted by Gasteiger charge is 2.40. The maximum atomic E-state index is 13.9. The Hall–Kier alpha value is -6.92. The molecular weight excluding hydrogens is 1000 g/mol. The molecule has 6 atom stereocenters. The van der Waals surface area contributed by atoms with Gasteiger partial charge in [0.05, 0.1) is 60.5 Å². The third-order valence-corrected chi connectivity index (χ3v) is 18.0. The molecule has 2 saturated heterocycles. The lowest BCUT2D eigenvalue weighted by molar-refractivity contribution is 0.00796. The first-order chi connectivity index (χ1) is 39.1. The van der Waals surface area contributed by atoms with Gasteiger partial charge in [-0.05, 0) is 149 Å². The van der Waals surface area contributed by atoms with Gasteiger partial charge >= 0.3 is 0 Å². The van der Waals surface area contributed by atoms with Crippen LogP contribution in [0.3, 0.4) is 0 Å². The zero-order valence-corrected chi connectivity index (χ0v) is 47.4. The van der Waals surface area contributed by atoms with E-state index in [1.165, 1.54) is 11.1 Å². The third kappa shape index (κ3) is 10.4. The van der Waals surface area contributed by atoms with Crippen molar-refractivity contribution in [2.45, 2.75) is 102 Å². The van der Waals surface area contributed by atoms with Crippen LogP contribution in [0.2, 0.25) is 0 Å². The highest BCUT2D eigenvalue weighted by molar-refractivity contribution is 5.58. The summed E-state index contributed by atoms with van der Waals surface area (Å²) in [5.74, 6) is 3.48. The smallest absolute Gasteiger partial charge is 0.138 e. The van der Waals surface area contributed by atoms with E-state index < -0.39 is 12.2 Å². The molecule has 2 unspecified atom stereocenters. The summed E-state index contributed by atoms with van der Waals surface area (Å²) < 4.78 is 15.6. The van der Waals surface area contributed by atoms with Gasteiger partial charge in [-0.3, -0.25) is 28.6 Å². The molecule has 0 spiro atoms. The number of pyridine rings is 4. The number of piperazine rings is 2. The van der Waals surface area contributed by atoms with Crippen LogP contribution in [0.15, 0.2) is 122 Å². The number of imidazole rings is 2. The molecule has 2 aliphatic heterocycles. The normalized spacial score (nSPS) is 19.8. The quantitative estimate of drug-likeness (QED) is 0.0896. The predicted molar refractivity (Wildman–Crippen MR) is 313 cm³/mol. The van der Waals surface area contributed by atoms with Crippen LogP contribution in [-0.4, -0.2) is 139 Å². The topological polar surface area (TPSA) is 139 Å². The number of aliphatic hydroxyl groups excluding tert-OH is 2. The summed E-state index contributed by atoms with van der Waals surface area (Å²) in [5.41, 5.74) is 10.9. The lowest BCUT2D eigenvalue weighted by Crippen LogP contribution is -2.45. The van der Waals surface area contributed by atoms with E-state index in [0.717, 1.165) is 148 Å². The van der Waals surface area contributed by atoms with E-state index in [4.69, 9.17) is 29.4 Å². The monoisotopic (exact) mass is 1080 g/mol. The van der Waals surface area contributed by atoms with Gasteiger partial charge in [0, 0.05) is 89.9 Å². The second kappa shape index (κ2) is 23.3. The van der Waals surface area contributed by atoms with Gasteiger partial charge in [-0.15, -0.1) is 0 Å². The van der Waals surface area contributed by atoms with Gasteiger partial charge in [0.15, 0.2) is 0 Å². The molecule has 2 aromatic carbocycles. The average molecular weight is 1080 g/mol. The van der Waals surface area contributed by atoms with Crippen LogP contribution in [0.1, 0.15) is 132 Å². The van der Waals surface area contributed by atoms with Crippen molar-refractivity contribution >= 4 is 22.9 Å². The first-order valence-electron chi connectivity index (χ1n) is 29.0. The van der Waals surface area contributed by atoms with Crippen molar-refractivity contribution in [3.8, 4) is 11.5 Å². The number of nitrogens with zero attached hydrogens (tertiary/aromatic N) is 12. The molecule has 0 radical (unpaired) electrons. The Balaban J connectivity index is 1.04. The minimum absolute atomic E-state index is 0.0384. The fraction of sp³-hybridized carbons (Fsp3) is 0.438. The van der Waals surface area contributed by atoms with Gasteiger partial charge in [0.2, 0.25) is 0 Å². The van der Waals surface area contributed by atoms with Gasteiger partial charge in [-0.25, -0.2) is 9.97 Å². The molecule has 16 heteroatoms. The number of hydrogen-bond acceptors (Lipinski definition) is 14. The van der Waals surface area contributed by atoms with Crippen LogP contribution in [0.5, 0.6) is 11.5 Å². The Kier molecular flexibility index (Phi) is 15.6. The number of anilines is 2. The van der Waals surface area contributed by atoms with Crippen molar-refractivity contribution in [2.24, 2.45) is 0 Å². The van der Waals surface area contributed by atoms with Gasteiger partial charge < -0.3 is 39.3 Å². The summed E-state index contributed by atoms with van der Waals surface area (Å²) >= 11 is 0. The molecule has 2 fully saturated rings. The molecule has 8 heterocycles. The first-order valence-corrected chi connectivity index (χ1v) is 29.0. The molecule has 0 amide bonds. The number of methoxy groups -OCH3 is 2. The van der Waals surface area contributed by atoms with Gasteiger partial charge in [-0.2, -0.15) is 0 Å². The molecule has 16 nitrogen and oxygen atoms in total. The Morgan fingerprint density at radius 3 is 1.31 bits per heavy atom. The van der Waals surface area contributed by atoms with Crippen LogP contribution >= 0.6 is 0 Å². The average Bonchev–Trinajstić information content (AvgIpc) is 4.18. The van der Waals surface area contributed by atoms with E-state index >= 15 is 0 Å². The van der Waals surface area contributed by atoms with Gasteiger partial charge in [-0.1, -0.05) is 48.5 Å². The van der Waals surface area contributed by atoms with Crippen LogP contribution in [0.4, 0.5) is 11.6 Å². The molecule has 12 rings (SSSR count). The van der Waals surface area contributed by atoms with E-state index in [2.05, 4.69) is 127 Å². The second-order valence-corrected chi connectivity index (χ2v) is 22.7. The summed E-state index contributed by atoms with van der Waals surface area (Å²) in [6.07, 6.45) is 6.74. The zero-order chi connectivity index (χ0) is 55.0. The molecule has 6 aromatic heterocycles. The number of aliphatic hydroxyl groups is 2. The molecule has 2 aliphatic carbocycles. The minimum atomic E-state index is -1.45. The fourth-order valence-corrected chi connectivity index (χ4v) is 13.3. The van der Waals surface area contributed by atoms with E-state index in [0.29, 0.717) is 35.9 Å². The SMILES string of the molecule is COc1ccc([C@H](C)N(Cc2nc3cccc(N4CCN(C)CC4)n3c2C(O)C(O)c2c(CN([C@@H](C)c3ccc(OC)cc3)[C@H]3CCCc4cccnc43)nc3cccc(N4CCN(C)CC4)n23)[C@H]2CCCc3cccnc32)cc1. The largest absolute Gasteiger partial charge is 0.497 e.